The number of benzene rings is 3. The van der Waals surface area contributed by atoms with Gasteiger partial charge in [0.15, 0.2) is 23.1 Å². The average Bonchev–Trinajstić information content (AvgIpc) is 3.50. The molecule has 0 saturated carbocycles. The van der Waals surface area contributed by atoms with Crippen molar-refractivity contribution in [2.45, 2.75) is 30.3 Å². The number of nitrogens with zero attached hydrogens (tertiary/aromatic N) is 2. The summed E-state index contributed by atoms with van der Waals surface area (Å²) in [4.78, 5) is 30.1. The highest BCUT2D eigenvalue weighted by molar-refractivity contribution is 5.96. The lowest BCUT2D eigenvalue weighted by atomic mass is 9.72. The predicted octanol–water partition coefficient (Wildman–Crippen LogP) is 4.23. The first kappa shape index (κ1) is 31.2. The van der Waals surface area contributed by atoms with Crippen LogP contribution in [0.4, 0.5) is 8.78 Å². The minimum atomic E-state index is -1.09. The Bertz CT molecular complexity index is 1490. The summed E-state index contributed by atoms with van der Waals surface area (Å²) in [7, 11) is 4.41. The normalized spacial score (nSPS) is 19.9. The molecule has 44 heavy (non-hydrogen) atoms. The van der Waals surface area contributed by atoms with Crippen LogP contribution in [0.15, 0.2) is 60.7 Å². The number of carbonyl (C=O) groups is 2. The van der Waals surface area contributed by atoms with Gasteiger partial charge in [0.05, 0.1) is 33.3 Å². The van der Waals surface area contributed by atoms with Gasteiger partial charge in [0.25, 0.3) is 5.91 Å². The van der Waals surface area contributed by atoms with Crippen LogP contribution in [0.1, 0.15) is 40.7 Å². The second kappa shape index (κ2) is 12.8. The molecule has 2 aliphatic heterocycles. The molecule has 0 aromatic heterocycles. The van der Waals surface area contributed by atoms with Gasteiger partial charge in [-0.15, -0.1) is 0 Å². The summed E-state index contributed by atoms with van der Waals surface area (Å²) in [5.74, 6) is -1.64. The van der Waals surface area contributed by atoms with Crippen LogP contribution in [-0.2, 0) is 20.5 Å². The van der Waals surface area contributed by atoms with E-state index in [0.29, 0.717) is 67.3 Å². The fraction of sp³-hybridized carbons (Fsp3) is 0.394. The molecule has 2 aliphatic rings. The third-order valence-corrected chi connectivity index (χ3v) is 8.93. The van der Waals surface area contributed by atoms with Crippen molar-refractivity contribution < 1.29 is 37.3 Å². The van der Waals surface area contributed by atoms with E-state index in [9.17, 15) is 18.4 Å². The zero-order valence-electron chi connectivity index (χ0n) is 25.1. The number of amides is 2. The highest BCUT2D eigenvalue weighted by Crippen LogP contribution is 2.41. The summed E-state index contributed by atoms with van der Waals surface area (Å²) in [6.45, 7) is 1.80. The molecule has 3 aromatic carbocycles. The average molecular weight is 610 g/mol. The molecule has 3 aromatic rings. The summed E-state index contributed by atoms with van der Waals surface area (Å²) in [6.07, 6.45) is 1.50. The fourth-order valence-corrected chi connectivity index (χ4v) is 6.30. The van der Waals surface area contributed by atoms with Crippen LogP contribution in [-0.4, -0.2) is 75.9 Å². The third kappa shape index (κ3) is 5.81. The Balaban J connectivity index is 1.36. The first-order valence-electron chi connectivity index (χ1n) is 14.4. The molecule has 1 atom stereocenters. The van der Waals surface area contributed by atoms with E-state index in [1.807, 2.05) is 30.3 Å². The molecule has 2 amide bonds. The molecule has 0 radical (unpaired) electrons. The molecule has 0 spiro atoms. The predicted molar refractivity (Wildman–Crippen MR) is 159 cm³/mol. The number of carbonyl (C=O) groups excluding carboxylic acids is 2. The summed E-state index contributed by atoms with van der Waals surface area (Å²) in [5.41, 5.74) is 5.71. The van der Waals surface area contributed by atoms with Crippen molar-refractivity contribution in [3.05, 3.63) is 89.0 Å². The van der Waals surface area contributed by atoms with E-state index in [-0.39, 0.29) is 25.1 Å². The van der Waals surface area contributed by atoms with Crippen molar-refractivity contribution in [2.24, 2.45) is 5.73 Å². The number of halogens is 2. The lowest BCUT2D eigenvalue weighted by Crippen LogP contribution is -2.50. The zero-order chi connectivity index (χ0) is 31.5. The molecule has 2 saturated heterocycles. The molecule has 2 fully saturated rings. The Labute approximate surface area is 255 Å². The first-order chi connectivity index (χ1) is 21.2. The second-order valence-corrected chi connectivity index (χ2v) is 11.2. The molecular formula is C33H37F2N3O6. The molecule has 2 heterocycles. The van der Waals surface area contributed by atoms with Crippen LogP contribution in [0.3, 0.4) is 0 Å². The number of methoxy groups -OCH3 is 3. The van der Waals surface area contributed by atoms with Gasteiger partial charge in [-0.25, -0.2) is 8.78 Å². The van der Waals surface area contributed by atoms with Gasteiger partial charge in [-0.3, -0.25) is 9.59 Å². The Morgan fingerprint density at radius 3 is 2.11 bits per heavy atom. The van der Waals surface area contributed by atoms with E-state index in [2.05, 4.69) is 4.90 Å². The Morgan fingerprint density at radius 2 is 1.55 bits per heavy atom. The highest BCUT2D eigenvalue weighted by atomic mass is 19.2. The minimum Gasteiger partial charge on any atom is -0.493 e. The Hall–Kier alpha value is -4.22. The summed E-state index contributed by atoms with van der Waals surface area (Å²) in [5, 5.41) is 0. The molecule has 0 unspecified atom stereocenters. The van der Waals surface area contributed by atoms with Crippen molar-refractivity contribution in [3.63, 3.8) is 0 Å². The molecular weight excluding hydrogens is 572 g/mol. The van der Waals surface area contributed by atoms with E-state index in [1.54, 1.807) is 12.1 Å². The number of primary amides is 1. The summed E-state index contributed by atoms with van der Waals surface area (Å²) >= 11 is 0. The van der Waals surface area contributed by atoms with Crippen molar-refractivity contribution in [1.29, 1.82) is 0 Å². The van der Waals surface area contributed by atoms with Gasteiger partial charge in [0, 0.05) is 12.1 Å². The van der Waals surface area contributed by atoms with Crippen LogP contribution in [0.25, 0.3) is 0 Å². The van der Waals surface area contributed by atoms with Gasteiger partial charge in [0.2, 0.25) is 11.7 Å². The molecule has 0 bridgehead atoms. The lowest BCUT2D eigenvalue weighted by molar-refractivity contribution is -0.125. The van der Waals surface area contributed by atoms with Crippen LogP contribution in [0.5, 0.6) is 17.2 Å². The maximum absolute atomic E-state index is 14.5. The zero-order valence-corrected chi connectivity index (χ0v) is 25.1. The van der Waals surface area contributed by atoms with Crippen molar-refractivity contribution in [1.82, 2.24) is 9.80 Å². The Morgan fingerprint density at radius 1 is 0.886 bits per heavy atom. The second-order valence-electron chi connectivity index (χ2n) is 11.2. The van der Waals surface area contributed by atoms with Gasteiger partial charge >= 0.3 is 0 Å². The molecule has 0 aliphatic carbocycles. The fourth-order valence-electron chi connectivity index (χ4n) is 6.30. The number of rotatable bonds is 10. The van der Waals surface area contributed by atoms with E-state index < -0.39 is 22.7 Å². The van der Waals surface area contributed by atoms with Gasteiger partial charge in [-0.05, 0) is 67.7 Å². The largest absolute Gasteiger partial charge is 0.493 e. The van der Waals surface area contributed by atoms with Crippen molar-refractivity contribution >= 4 is 11.8 Å². The van der Waals surface area contributed by atoms with E-state index in [0.717, 1.165) is 17.7 Å². The van der Waals surface area contributed by atoms with Crippen LogP contribution < -0.4 is 19.9 Å². The standard InChI is InChI=1S/C33H37F2N3O6/c1-41-27-17-22(18-28(42-2)29(27)43-3)30(39)38-20-33(44-21-38,24-9-10-25(34)26(35)19-24)13-16-37-14-11-32(12-15-37,31(36)40)23-7-5-4-6-8-23/h4-10,17-19H,11-16,20-21H2,1-3H3,(H2,36,40)/t33-/m0/s1. The number of hydrogen-bond acceptors (Lipinski definition) is 7. The van der Waals surface area contributed by atoms with E-state index in [1.165, 1.54) is 32.3 Å². The van der Waals surface area contributed by atoms with E-state index >= 15 is 0 Å². The number of hydrogen-bond donors (Lipinski definition) is 1. The maximum atomic E-state index is 14.5. The molecule has 234 valence electrons. The summed E-state index contributed by atoms with van der Waals surface area (Å²) in [6, 6.07) is 16.4. The number of ether oxygens (including phenoxy) is 4. The van der Waals surface area contributed by atoms with Gasteiger partial charge in [0.1, 0.15) is 12.3 Å². The molecule has 11 heteroatoms. The van der Waals surface area contributed by atoms with Crippen LogP contribution in [0, 0.1) is 11.6 Å². The van der Waals surface area contributed by atoms with Gasteiger partial charge in [-0.2, -0.15) is 0 Å². The van der Waals surface area contributed by atoms with Crippen molar-refractivity contribution in [2.75, 3.05) is 54.2 Å². The lowest BCUT2D eigenvalue weighted by Gasteiger charge is -2.41. The number of piperidine rings is 1. The Kier molecular flexibility index (Phi) is 9.07. The third-order valence-electron chi connectivity index (χ3n) is 8.93. The van der Waals surface area contributed by atoms with Gasteiger partial charge in [-0.1, -0.05) is 36.4 Å². The monoisotopic (exact) mass is 609 g/mol. The maximum Gasteiger partial charge on any atom is 0.256 e. The molecule has 2 N–H and O–H groups in total. The smallest absolute Gasteiger partial charge is 0.256 e. The van der Waals surface area contributed by atoms with E-state index in [4.69, 9.17) is 24.7 Å². The highest BCUT2D eigenvalue weighted by Gasteiger charge is 2.45. The minimum absolute atomic E-state index is 0.0622. The topological polar surface area (TPSA) is 104 Å². The number of likely N-dealkylation sites (tertiary alicyclic amines) is 1. The van der Waals surface area contributed by atoms with Crippen LogP contribution >= 0.6 is 0 Å². The number of nitrogens with two attached hydrogens (primary N) is 1. The first-order valence-corrected chi connectivity index (χ1v) is 14.4. The SMILES string of the molecule is COc1cc(C(=O)N2CO[C@](CCN3CCC(C(N)=O)(c4ccccc4)CC3)(c3ccc(F)c(F)c3)C2)cc(OC)c1OC. The van der Waals surface area contributed by atoms with Crippen LogP contribution in [0.2, 0.25) is 0 Å². The van der Waals surface area contributed by atoms with Crippen molar-refractivity contribution in [3.8, 4) is 17.2 Å². The van der Waals surface area contributed by atoms with Gasteiger partial charge < -0.3 is 34.5 Å². The molecule has 5 rings (SSSR count). The molecule has 9 nitrogen and oxygen atoms in total. The quantitative estimate of drug-likeness (QED) is 0.367. The summed E-state index contributed by atoms with van der Waals surface area (Å²) < 4.78 is 50.9.